The average molecular weight is 802 g/mol. The minimum absolute atomic E-state index is 0. The first kappa shape index (κ1) is 93.2. The molecule has 53 heavy (non-hydrogen) atoms. The molecule has 0 radical (unpaired) electrons. The molecule has 0 bridgehead atoms. The van der Waals surface area contributed by atoms with Crippen LogP contribution in [0.3, 0.4) is 0 Å². The summed E-state index contributed by atoms with van der Waals surface area (Å²) < 4.78 is 19.0. The zero-order valence-corrected chi connectivity index (χ0v) is 33.0. The van der Waals surface area contributed by atoms with Crippen molar-refractivity contribution >= 4 is 23.9 Å². The molecule has 1 N–H and O–H groups in total. The van der Waals surface area contributed by atoms with Crippen molar-refractivity contribution in [3.63, 3.8) is 0 Å². The molecule has 0 aromatic carbocycles. The Morgan fingerprint density at radius 2 is 0.660 bits per heavy atom. The van der Waals surface area contributed by atoms with Crippen molar-refractivity contribution < 1.29 is 55.6 Å². The largest absolute Gasteiger partial charge is 1.00 e. The zero-order valence-electron chi connectivity index (χ0n) is 32.2. The highest BCUT2D eigenvalue weighted by molar-refractivity contribution is 5.76. The van der Waals surface area contributed by atoms with Crippen LogP contribution in [-0.4, -0.2) is 88.6 Å². The highest BCUT2D eigenvalue weighted by Crippen LogP contribution is 2.23. The monoisotopic (exact) mass is 801 g/mol. The van der Waals surface area contributed by atoms with E-state index in [0.29, 0.717) is 13.2 Å². The zero-order chi connectivity index (χ0) is 36.4. The lowest BCUT2D eigenvalue weighted by molar-refractivity contribution is -0.155. The predicted molar refractivity (Wildman–Crippen MR) is 233 cm³/mol. The molecule has 0 heterocycles. The molecule has 0 aliphatic rings. The van der Waals surface area contributed by atoms with Gasteiger partial charge in [0.15, 0.2) is 0 Å². The van der Waals surface area contributed by atoms with Gasteiger partial charge in [0, 0.05) is 0 Å². The Morgan fingerprint density at radius 1 is 0.472 bits per heavy atom. The summed E-state index contributed by atoms with van der Waals surface area (Å²) in [6.45, 7) is 27.4. The minimum atomic E-state index is -0.421. The summed E-state index contributed by atoms with van der Waals surface area (Å²) in [5.41, 5.74) is -1.35. The molecule has 0 amide bonds. The molecule has 0 saturated heterocycles. The van der Waals surface area contributed by atoms with E-state index in [2.05, 4.69) is 4.74 Å². The molecule has 0 spiro atoms. The quantitative estimate of drug-likeness (QED) is 0.151. The Morgan fingerprint density at radius 3 is 0.792 bits per heavy atom. The average Bonchev–Trinajstić information content (AvgIpc) is 2.96. The second-order valence-electron chi connectivity index (χ2n) is 13.1. The third-order valence-electron chi connectivity index (χ3n) is 6.81. The molecule has 0 unspecified atom stereocenters. The summed E-state index contributed by atoms with van der Waals surface area (Å²) in [5, 5.41) is 8.38. The number of methoxy groups -OCH3 is 1. The summed E-state index contributed by atoms with van der Waals surface area (Å²) >= 11 is 0. The van der Waals surface area contributed by atoms with Gasteiger partial charge < -0.3 is 41.4 Å². The van der Waals surface area contributed by atoms with Crippen LogP contribution in [0.1, 0.15) is 182 Å². The van der Waals surface area contributed by atoms with E-state index in [1.807, 2.05) is 123 Å². The van der Waals surface area contributed by atoms with E-state index in [-0.39, 0.29) is 125 Å². The molecular formula is C42H103ClNO9-. The molecule has 0 aromatic rings. The van der Waals surface area contributed by atoms with E-state index in [4.69, 9.17) is 19.3 Å². The highest BCUT2D eigenvalue weighted by atomic mass is 35.5. The second-order valence-corrected chi connectivity index (χ2v) is 13.1. The van der Waals surface area contributed by atoms with Crippen LogP contribution >= 0.6 is 0 Å². The first-order valence-corrected chi connectivity index (χ1v) is 15.7. The van der Waals surface area contributed by atoms with Crippen molar-refractivity contribution in [3.05, 3.63) is 0 Å². The number of aliphatic hydroxyl groups excluding tert-OH is 1. The number of rotatable bonds is 12. The lowest BCUT2D eigenvalue weighted by atomic mass is 9.91. The summed E-state index contributed by atoms with van der Waals surface area (Å²) in [6, 6.07) is 0. The Labute approximate surface area is 342 Å². The summed E-state index contributed by atoms with van der Waals surface area (Å²) in [5.74, 6) is -0.575. The van der Waals surface area contributed by atoms with Crippen molar-refractivity contribution in [1.82, 2.24) is 4.90 Å². The lowest BCUT2D eigenvalue weighted by Crippen LogP contribution is -3.00. The number of esters is 4. The molecule has 0 fully saturated rings. The number of carbonyl (C=O) groups is 4. The van der Waals surface area contributed by atoms with Gasteiger partial charge in [-0.1, -0.05) is 87.1 Å². The van der Waals surface area contributed by atoms with Crippen LogP contribution in [0.2, 0.25) is 0 Å². The van der Waals surface area contributed by atoms with Crippen molar-refractivity contribution in [1.29, 1.82) is 0 Å². The molecule has 0 rings (SSSR count). The molecule has 0 aliphatic heterocycles. The van der Waals surface area contributed by atoms with Gasteiger partial charge in [0.25, 0.3) is 0 Å². The molecular weight excluding hydrogens is 698 g/mol. The standard InChI is InChI=1S/C8H16O3.2C8H16O2.C7H14O2.C3H9N.8CH4.ClH/c1-4-8(2,3)7(10)11-6-5-9;2*1-5-8(3,4)7(9)10-6-2;1-5-7(2,3)6(8)9-4;1-4(2)3;;;;;;;;;/h9H,4-6H2,1-3H3;2*5-6H2,1-4H3;5H2,1-4H3;1-3H3;8*1H4;1H/p-1. The van der Waals surface area contributed by atoms with Gasteiger partial charge >= 0.3 is 23.9 Å². The van der Waals surface area contributed by atoms with Crippen molar-refractivity contribution in [2.45, 2.75) is 182 Å². The fraction of sp³-hybridized carbons (Fsp3) is 0.905. The van der Waals surface area contributed by atoms with Crippen LogP contribution in [-0.2, 0) is 38.1 Å². The van der Waals surface area contributed by atoms with E-state index in [0.717, 1.165) is 25.7 Å². The number of hydrogen-bond donors (Lipinski definition) is 1. The topological polar surface area (TPSA) is 129 Å². The fourth-order valence-corrected chi connectivity index (χ4v) is 1.84. The third kappa shape index (κ3) is 54.5. The third-order valence-corrected chi connectivity index (χ3v) is 6.81. The van der Waals surface area contributed by atoms with Gasteiger partial charge in [-0.25, -0.2) is 0 Å². The molecule has 0 atom stereocenters. The Hall–Kier alpha value is -1.91. The number of aliphatic hydroxyl groups is 1. The van der Waals surface area contributed by atoms with E-state index < -0.39 is 5.41 Å². The van der Waals surface area contributed by atoms with E-state index >= 15 is 0 Å². The molecule has 11 heteroatoms. The normalized spacial score (nSPS) is 9.13. The van der Waals surface area contributed by atoms with Gasteiger partial charge in [0.1, 0.15) is 6.61 Å². The van der Waals surface area contributed by atoms with Gasteiger partial charge in [-0.2, -0.15) is 0 Å². The van der Waals surface area contributed by atoms with Crippen molar-refractivity contribution in [3.8, 4) is 0 Å². The molecule has 10 nitrogen and oxygen atoms in total. The number of halogens is 1. The van der Waals surface area contributed by atoms with Gasteiger partial charge in [0.2, 0.25) is 0 Å². The summed E-state index contributed by atoms with van der Waals surface area (Å²) in [4.78, 5) is 46.1. The number of nitrogens with zero attached hydrogens (tertiary/aromatic N) is 1. The Bertz CT molecular complexity index is 735. The minimum Gasteiger partial charge on any atom is -1.00 e. The lowest BCUT2D eigenvalue weighted by Gasteiger charge is -2.19. The van der Waals surface area contributed by atoms with Crippen LogP contribution < -0.4 is 12.4 Å². The number of hydrogen-bond acceptors (Lipinski definition) is 10. The molecule has 0 aromatic heterocycles. The fourth-order valence-electron chi connectivity index (χ4n) is 1.84. The van der Waals surface area contributed by atoms with Crippen LogP contribution in [0.15, 0.2) is 0 Å². The van der Waals surface area contributed by atoms with Crippen LogP contribution in [0.5, 0.6) is 0 Å². The predicted octanol–water partition coefficient (Wildman–Crippen LogP) is 8.80. The Kier molecular flexibility index (Phi) is 88.1. The van der Waals surface area contributed by atoms with Gasteiger partial charge in [-0.15, -0.1) is 0 Å². The first-order chi connectivity index (χ1) is 19.9. The Balaban J connectivity index is -0.0000000292. The maximum Gasteiger partial charge on any atom is 0.311 e. The maximum absolute atomic E-state index is 11.1. The number of ether oxygens (including phenoxy) is 4. The van der Waals surface area contributed by atoms with Crippen molar-refractivity contribution in [2.24, 2.45) is 21.7 Å². The van der Waals surface area contributed by atoms with E-state index in [1.165, 1.54) is 7.11 Å². The SMILES string of the molecule is C.C.C.C.C.C.C.C.CCC(C)(C)C(=O)OC.CCC(C)(C)C(=O)OCCO.CCOC(=O)C(C)(C)CC.CCOC(=O)C(C)(C)CC.CN(C)C.[Cl-]. The molecule has 0 aliphatic carbocycles. The smallest absolute Gasteiger partial charge is 0.311 e. The highest BCUT2D eigenvalue weighted by Gasteiger charge is 2.28. The second kappa shape index (κ2) is 50.1. The van der Waals surface area contributed by atoms with Gasteiger partial charge in [-0.05, 0) is 116 Å². The van der Waals surface area contributed by atoms with Gasteiger partial charge in [-0.3, -0.25) is 19.2 Å². The molecule has 338 valence electrons. The maximum atomic E-state index is 11.1. The summed E-state index contributed by atoms with van der Waals surface area (Å²) in [7, 11) is 7.42. The van der Waals surface area contributed by atoms with Gasteiger partial charge in [0.05, 0.1) is 48.6 Å². The van der Waals surface area contributed by atoms with Crippen molar-refractivity contribution in [2.75, 3.05) is 54.7 Å². The van der Waals surface area contributed by atoms with Crippen LogP contribution in [0.25, 0.3) is 0 Å². The molecule has 0 saturated carbocycles. The van der Waals surface area contributed by atoms with Crippen LogP contribution in [0, 0.1) is 21.7 Å². The number of carbonyl (C=O) groups excluding carboxylic acids is 4. The summed E-state index contributed by atoms with van der Waals surface area (Å²) in [6.07, 6.45) is 3.22. The first-order valence-electron chi connectivity index (χ1n) is 15.7. The van der Waals surface area contributed by atoms with Crippen LogP contribution in [0.4, 0.5) is 0 Å². The van der Waals surface area contributed by atoms with E-state index in [1.54, 1.807) is 0 Å². The van der Waals surface area contributed by atoms with E-state index in [9.17, 15) is 19.2 Å².